The van der Waals surface area contributed by atoms with Crippen LogP contribution in [0.4, 0.5) is 0 Å². The van der Waals surface area contributed by atoms with E-state index >= 15 is 0 Å². The van der Waals surface area contributed by atoms with Gasteiger partial charge in [-0.3, -0.25) is 4.79 Å². The van der Waals surface area contributed by atoms with Crippen LogP contribution in [-0.4, -0.2) is 23.9 Å². The molecule has 2 nitrogen and oxygen atoms in total. The van der Waals surface area contributed by atoms with Crippen molar-refractivity contribution in [2.45, 2.75) is 25.8 Å². The quantitative estimate of drug-likeness (QED) is 0.690. The minimum Gasteiger partial charge on any atom is -0.339 e. The van der Waals surface area contributed by atoms with Crippen molar-refractivity contribution in [1.29, 1.82) is 0 Å². The fourth-order valence-corrected chi connectivity index (χ4v) is 1.88. The summed E-state index contributed by atoms with van der Waals surface area (Å²) in [6, 6.07) is 6.05. The molecule has 82 valence electrons. The Morgan fingerprint density at radius 1 is 1.50 bits per heavy atom. The molecule has 0 N–H and O–H groups in total. The average Bonchev–Trinajstić information content (AvgIpc) is 3.10. The number of hydrogen-bond donors (Lipinski definition) is 0. The van der Waals surface area contributed by atoms with E-state index in [9.17, 15) is 4.79 Å². The van der Waals surface area contributed by atoms with E-state index in [2.05, 4.69) is 5.92 Å². The first-order valence-electron chi connectivity index (χ1n) is 5.48. The molecule has 2 heteroatoms. The van der Waals surface area contributed by atoms with E-state index in [0.29, 0.717) is 17.2 Å². The zero-order valence-corrected chi connectivity index (χ0v) is 9.66. The Bertz CT molecular complexity index is 466. The van der Waals surface area contributed by atoms with Crippen LogP contribution < -0.4 is 0 Å². The predicted molar refractivity (Wildman–Crippen MR) is 64.2 cm³/mol. The number of amides is 1. The minimum atomic E-state index is 0.0496. The Balaban J connectivity index is 2.39. The molecule has 0 unspecified atom stereocenters. The van der Waals surface area contributed by atoms with Gasteiger partial charge in [-0.15, -0.1) is 6.42 Å². The summed E-state index contributed by atoms with van der Waals surface area (Å²) in [4.78, 5) is 14.1. The van der Waals surface area contributed by atoms with Gasteiger partial charge in [-0.05, 0) is 31.4 Å². The van der Waals surface area contributed by atoms with Crippen molar-refractivity contribution in [1.82, 2.24) is 4.90 Å². The Hall–Kier alpha value is -1.75. The largest absolute Gasteiger partial charge is 0.339 e. The van der Waals surface area contributed by atoms with Crippen molar-refractivity contribution in [2.24, 2.45) is 0 Å². The molecule has 1 amide bonds. The first-order valence-corrected chi connectivity index (χ1v) is 5.48. The molecular weight excluding hydrogens is 198 g/mol. The van der Waals surface area contributed by atoms with E-state index < -0.39 is 0 Å². The highest BCUT2D eigenvalue weighted by molar-refractivity contribution is 5.98. The summed E-state index contributed by atoms with van der Waals surface area (Å²) in [5, 5.41) is 0. The Kier molecular flexibility index (Phi) is 2.70. The van der Waals surface area contributed by atoms with E-state index in [1.54, 1.807) is 0 Å². The van der Waals surface area contributed by atoms with Crippen LogP contribution in [0.15, 0.2) is 18.2 Å². The second-order valence-corrected chi connectivity index (χ2v) is 4.29. The third kappa shape index (κ3) is 1.81. The molecule has 2 rings (SSSR count). The molecule has 1 aliphatic rings. The zero-order chi connectivity index (χ0) is 11.7. The van der Waals surface area contributed by atoms with Crippen LogP contribution in [0.25, 0.3) is 0 Å². The molecule has 0 saturated heterocycles. The first-order chi connectivity index (χ1) is 7.65. The Morgan fingerprint density at radius 2 is 2.19 bits per heavy atom. The maximum atomic E-state index is 12.3. The fraction of sp³-hybridized carbons (Fsp3) is 0.357. The smallest absolute Gasteiger partial charge is 0.255 e. The SMILES string of the molecule is C#Cc1cccc(C)c1C(=O)N(C)C1CC1. The molecule has 0 spiro atoms. The lowest BCUT2D eigenvalue weighted by Gasteiger charge is -2.18. The highest BCUT2D eigenvalue weighted by Gasteiger charge is 2.31. The molecule has 0 heterocycles. The predicted octanol–water partition coefficient (Wildman–Crippen LogP) is 2.21. The van der Waals surface area contributed by atoms with Gasteiger partial charge in [0.2, 0.25) is 0 Å². The van der Waals surface area contributed by atoms with E-state index in [-0.39, 0.29) is 5.91 Å². The van der Waals surface area contributed by atoms with Crippen molar-refractivity contribution in [3.05, 3.63) is 34.9 Å². The monoisotopic (exact) mass is 213 g/mol. The van der Waals surface area contributed by atoms with Gasteiger partial charge in [0.1, 0.15) is 0 Å². The van der Waals surface area contributed by atoms with Crippen LogP contribution in [0.3, 0.4) is 0 Å². The Labute approximate surface area is 96.3 Å². The van der Waals surface area contributed by atoms with Crippen LogP contribution in [0, 0.1) is 19.3 Å². The highest BCUT2D eigenvalue weighted by atomic mass is 16.2. The summed E-state index contributed by atoms with van der Waals surface area (Å²) in [5.74, 6) is 2.63. The summed E-state index contributed by atoms with van der Waals surface area (Å²) < 4.78 is 0. The third-order valence-electron chi connectivity index (χ3n) is 3.06. The zero-order valence-electron chi connectivity index (χ0n) is 9.66. The molecule has 0 bridgehead atoms. The normalized spacial score (nSPS) is 14.3. The number of aryl methyl sites for hydroxylation is 1. The average molecular weight is 213 g/mol. The van der Waals surface area contributed by atoms with E-state index in [0.717, 1.165) is 18.4 Å². The molecule has 1 saturated carbocycles. The van der Waals surface area contributed by atoms with E-state index in [1.165, 1.54) is 0 Å². The maximum Gasteiger partial charge on any atom is 0.255 e. The minimum absolute atomic E-state index is 0.0496. The van der Waals surface area contributed by atoms with Crippen molar-refractivity contribution < 1.29 is 4.79 Å². The van der Waals surface area contributed by atoms with Gasteiger partial charge in [0, 0.05) is 18.7 Å². The fourth-order valence-electron chi connectivity index (χ4n) is 1.88. The van der Waals surface area contributed by atoms with Gasteiger partial charge in [-0.25, -0.2) is 0 Å². The molecule has 1 fully saturated rings. The van der Waals surface area contributed by atoms with Crippen LogP contribution in [0.2, 0.25) is 0 Å². The summed E-state index contributed by atoms with van der Waals surface area (Å²) in [7, 11) is 1.85. The van der Waals surface area contributed by atoms with Crippen LogP contribution in [0.1, 0.15) is 34.3 Å². The second-order valence-electron chi connectivity index (χ2n) is 4.29. The summed E-state index contributed by atoms with van der Waals surface area (Å²) >= 11 is 0. The number of carbonyl (C=O) groups excluding carboxylic acids is 1. The maximum absolute atomic E-state index is 12.3. The van der Waals surface area contributed by atoms with Crippen molar-refractivity contribution in [3.8, 4) is 12.3 Å². The number of terminal acetylenes is 1. The highest BCUT2D eigenvalue weighted by Crippen LogP contribution is 2.28. The summed E-state index contributed by atoms with van der Waals surface area (Å²) in [6.07, 6.45) is 7.65. The summed E-state index contributed by atoms with van der Waals surface area (Å²) in [5.41, 5.74) is 2.32. The van der Waals surface area contributed by atoms with Crippen LogP contribution in [0.5, 0.6) is 0 Å². The summed E-state index contributed by atoms with van der Waals surface area (Å²) in [6.45, 7) is 1.93. The van der Waals surface area contributed by atoms with E-state index in [4.69, 9.17) is 6.42 Å². The number of nitrogens with zero attached hydrogens (tertiary/aromatic N) is 1. The molecule has 0 aliphatic heterocycles. The van der Waals surface area contributed by atoms with Crippen LogP contribution >= 0.6 is 0 Å². The molecule has 1 aromatic rings. The van der Waals surface area contributed by atoms with Crippen molar-refractivity contribution >= 4 is 5.91 Å². The molecule has 0 atom stereocenters. The molecule has 1 aliphatic carbocycles. The van der Waals surface area contributed by atoms with Gasteiger partial charge in [0.25, 0.3) is 5.91 Å². The second kappa shape index (κ2) is 4.02. The number of rotatable bonds is 2. The van der Waals surface area contributed by atoms with Gasteiger partial charge in [-0.1, -0.05) is 18.1 Å². The first kappa shape index (κ1) is 10.8. The molecular formula is C14H15NO. The van der Waals surface area contributed by atoms with Gasteiger partial charge in [0.15, 0.2) is 0 Å². The lowest BCUT2D eigenvalue weighted by atomic mass is 10.0. The van der Waals surface area contributed by atoms with Gasteiger partial charge in [0.05, 0.1) is 5.56 Å². The molecule has 16 heavy (non-hydrogen) atoms. The lowest BCUT2D eigenvalue weighted by molar-refractivity contribution is 0.0784. The van der Waals surface area contributed by atoms with Crippen LogP contribution in [-0.2, 0) is 0 Å². The van der Waals surface area contributed by atoms with Crippen molar-refractivity contribution in [2.75, 3.05) is 7.05 Å². The van der Waals surface area contributed by atoms with Gasteiger partial charge >= 0.3 is 0 Å². The molecule has 1 aromatic carbocycles. The van der Waals surface area contributed by atoms with Crippen molar-refractivity contribution in [3.63, 3.8) is 0 Å². The number of carbonyl (C=O) groups is 1. The van der Waals surface area contributed by atoms with Gasteiger partial charge < -0.3 is 4.90 Å². The third-order valence-corrected chi connectivity index (χ3v) is 3.06. The van der Waals surface area contributed by atoms with E-state index in [1.807, 2.05) is 37.1 Å². The Morgan fingerprint density at radius 3 is 2.75 bits per heavy atom. The number of benzene rings is 1. The molecule has 0 aromatic heterocycles. The lowest BCUT2D eigenvalue weighted by Crippen LogP contribution is -2.30. The topological polar surface area (TPSA) is 20.3 Å². The standard InChI is InChI=1S/C14H15NO/c1-4-11-7-5-6-10(2)13(11)14(16)15(3)12-8-9-12/h1,5-7,12H,8-9H2,2-3H3. The van der Waals surface area contributed by atoms with Gasteiger partial charge in [-0.2, -0.15) is 0 Å². The molecule has 0 radical (unpaired) electrons. The number of hydrogen-bond acceptors (Lipinski definition) is 1.